The summed E-state index contributed by atoms with van der Waals surface area (Å²) in [5.41, 5.74) is 5.39. The summed E-state index contributed by atoms with van der Waals surface area (Å²) in [6.45, 7) is 3.80. The number of halogens is 2. The third kappa shape index (κ3) is 8.65. The summed E-state index contributed by atoms with van der Waals surface area (Å²) in [6, 6.07) is 7.09. The molecule has 4 aromatic rings. The van der Waals surface area contributed by atoms with Crippen LogP contribution in [0.15, 0.2) is 42.7 Å². The van der Waals surface area contributed by atoms with Crippen molar-refractivity contribution in [2.24, 2.45) is 0 Å². The maximum absolute atomic E-state index is 15.0. The Kier molecular flexibility index (Phi) is 12.3. The van der Waals surface area contributed by atoms with Crippen molar-refractivity contribution < 1.29 is 42.3 Å². The van der Waals surface area contributed by atoms with Crippen LogP contribution in [0.25, 0.3) is 11.1 Å². The standard InChI is InChI=1S/C45H51F2N11O7/c1-48-45(64)54-16-10-35-34(25-54)41(53-58(35)29-11-18-65-19-12-29)56-15-3-4-26-20-31(32(40(46)47)22-37(26)56)27-23-51-55(24-27)17-14-50-38(59)5-2-13-49-28-6-7-30-33(21-28)44(63)57(43(30)62)36-8-9-39(60)52-42(36)61/h6-7,20-24,29,36,40,49H,2-5,8-19,25H2,1H3,(H,48,64)(H,50,59)(H,52,60,61). The minimum atomic E-state index is -2.77. The lowest BCUT2D eigenvalue weighted by molar-refractivity contribution is -0.136. The lowest BCUT2D eigenvalue weighted by atomic mass is 9.92. The number of hydrogen-bond acceptors (Lipinski definition) is 11. The van der Waals surface area contributed by atoms with Crippen molar-refractivity contribution >= 4 is 52.8 Å². The van der Waals surface area contributed by atoms with E-state index in [9.17, 15) is 37.5 Å². The number of aryl methyl sites for hydroxylation is 1. The third-order valence-corrected chi connectivity index (χ3v) is 12.9. The maximum Gasteiger partial charge on any atom is 0.317 e. The Labute approximate surface area is 373 Å². The number of alkyl halides is 2. The van der Waals surface area contributed by atoms with Gasteiger partial charge in [0.1, 0.15) is 6.04 Å². The first-order valence-electron chi connectivity index (χ1n) is 22.2. The van der Waals surface area contributed by atoms with Gasteiger partial charge in [0.2, 0.25) is 17.7 Å². The lowest BCUT2D eigenvalue weighted by Crippen LogP contribution is -2.54. The number of nitrogens with zero attached hydrogens (tertiary/aromatic N) is 7. The van der Waals surface area contributed by atoms with Gasteiger partial charge < -0.3 is 30.5 Å². The van der Waals surface area contributed by atoms with Gasteiger partial charge in [-0.2, -0.15) is 10.2 Å². The van der Waals surface area contributed by atoms with Crippen molar-refractivity contribution in [1.82, 2.24) is 45.3 Å². The van der Waals surface area contributed by atoms with Gasteiger partial charge in [-0.3, -0.25) is 43.6 Å². The predicted octanol–water partition coefficient (Wildman–Crippen LogP) is 4.23. The highest BCUT2D eigenvalue weighted by atomic mass is 19.3. The Morgan fingerprint density at radius 2 is 1.77 bits per heavy atom. The molecule has 4 N–H and O–H groups in total. The van der Waals surface area contributed by atoms with Gasteiger partial charge >= 0.3 is 6.03 Å². The van der Waals surface area contributed by atoms with Crippen LogP contribution in [0.1, 0.15) is 101 Å². The monoisotopic (exact) mass is 895 g/mol. The van der Waals surface area contributed by atoms with Gasteiger partial charge in [0.05, 0.1) is 36.5 Å². The van der Waals surface area contributed by atoms with E-state index < -0.39 is 36.1 Å². The summed E-state index contributed by atoms with van der Waals surface area (Å²) < 4.78 is 39.3. The average Bonchev–Trinajstić information content (AvgIpc) is 4.01. The molecular weight excluding hydrogens is 845 g/mol. The Hall–Kier alpha value is -6.70. The fraction of sp³-hybridized carbons (Fsp3) is 0.467. The van der Waals surface area contributed by atoms with E-state index in [0.29, 0.717) is 93.5 Å². The average molecular weight is 896 g/mol. The highest BCUT2D eigenvalue weighted by molar-refractivity contribution is 6.23. The van der Waals surface area contributed by atoms with Crippen LogP contribution in [0.4, 0.5) is 30.8 Å². The number of carbonyl (C=O) groups excluding carboxylic acids is 6. The number of carbonyl (C=O) groups is 6. The lowest BCUT2D eigenvalue weighted by Gasteiger charge is -2.33. The molecule has 2 saturated heterocycles. The van der Waals surface area contributed by atoms with Gasteiger partial charge in [0.25, 0.3) is 18.2 Å². The van der Waals surface area contributed by atoms with E-state index in [1.165, 1.54) is 6.07 Å². The van der Waals surface area contributed by atoms with Crippen molar-refractivity contribution in [3.05, 3.63) is 76.2 Å². The number of piperidine rings is 1. The number of nitrogens with one attached hydrogen (secondary N) is 4. The number of hydrogen-bond donors (Lipinski definition) is 4. The van der Waals surface area contributed by atoms with Gasteiger partial charge in [-0.25, -0.2) is 13.6 Å². The number of imide groups is 2. The molecule has 65 heavy (non-hydrogen) atoms. The van der Waals surface area contributed by atoms with Crippen LogP contribution in [-0.2, 0) is 45.1 Å². The molecule has 0 bridgehead atoms. The number of rotatable bonds is 13. The van der Waals surface area contributed by atoms with Crippen LogP contribution in [-0.4, -0.2) is 117 Å². The second kappa shape index (κ2) is 18.4. The Morgan fingerprint density at radius 1 is 0.954 bits per heavy atom. The number of fused-ring (bicyclic) bond motifs is 3. The molecule has 1 unspecified atom stereocenters. The highest BCUT2D eigenvalue weighted by Crippen LogP contribution is 2.44. The van der Waals surface area contributed by atoms with Crippen molar-refractivity contribution in [3.8, 4) is 11.1 Å². The number of benzene rings is 2. The second-order valence-electron chi connectivity index (χ2n) is 17.0. The molecule has 18 nitrogen and oxygen atoms in total. The minimum absolute atomic E-state index is 0.0349. The van der Waals surface area contributed by atoms with Gasteiger partial charge in [-0.15, -0.1) is 0 Å². The SMILES string of the molecule is CNC(=O)N1CCc2c(c(N3CCCc4cc(-c5cnn(CCNC(=O)CCCNc6ccc7c(c6)C(=O)N(C6CCC(=O)NC6=O)C7=O)c5)c(C(F)F)cc43)nn2C2CCOCC2)C1. The summed E-state index contributed by atoms with van der Waals surface area (Å²) in [4.78, 5) is 80.2. The van der Waals surface area contributed by atoms with Crippen LogP contribution in [0, 0.1) is 0 Å². The zero-order chi connectivity index (χ0) is 45.4. The molecule has 20 heteroatoms. The van der Waals surface area contributed by atoms with Crippen LogP contribution < -0.4 is 26.2 Å². The van der Waals surface area contributed by atoms with Crippen molar-refractivity contribution in [2.45, 2.75) is 89.4 Å². The second-order valence-corrected chi connectivity index (χ2v) is 17.0. The molecule has 0 radical (unpaired) electrons. The molecule has 0 spiro atoms. The normalized spacial score (nSPS) is 18.7. The van der Waals surface area contributed by atoms with E-state index in [2.05, 4.69) is 35.9 Å². The topological polar surface area (TPSA) is 205 Å². The molecule has 9 rings (SSSR count). The van der Waals surface area contributed by atoms with Crippen LogP contribution >= 0.6 is 0 Å². The Bertz CT molecular complexity index is 2550. The summed E-state index contributed by atoms with van der Waals surface area (Å²) >= 11 is 0. The molecule has 2 aromatic heterocycles. The van der Waals surface area contributed by atoms with Crippen molar-refractivity contribution in [1.29, 1.82) is 0 Å². The number of urea groups is 1. The quantitative estimate of drug-likeness (QED) is 0.111. The molecule has 7 heterocycles. The molecule has 2 fully saturated rings. The molecule has 5 aliphatic rings. The zero-order valence-electron chi connectivity index (χ0n) is 36.0. The highest BCUT2D eigenvalue weighted by Gasteiger charge is 2.45. The summed E-state index contributed by atoms with van der Waals surface area (Å²) in [7, 11) is 1.61. The summed E-state index contributed by atoms with van der Waals surface area (Å²) in [6.07, 6.45) is 5.07. The molecule has 0 saturated carbocycles. The van der Waals surface area contributed by atoms with Gasteiger partial charge in [-0.05, 0) is 80.0 Å². The summed E-state index contributed by atoms with van der Waals surface area (Å²) in [5, 5.41) is 20.6. The van der Waals surface area contributed by atoms with E-state index in [1.54, 1.807) is 47.2 Å². The van der Waals surface area contributed by atoms with Crippen molar-refractivity contribution in [2.75, 3.05) is 56.7 Å². The van der Waals surface area contributed by atoms with E-state index in [1.807, 2.05) is 6.07 Å². The Morgan fingerprint density at radius 3 is 2.55 bits per heavy atom. The molecule has 5 aliphatic heterocycles. The van der Waals surface area contributed by atoms with Crippen LogP contribution in [0.3, 0.4) is 0 Å². The van der Waals surface area contributed by atoms with E-state index >= 15 is 0 Å². The molecule has 1 atom stereocenters. The largest absolute Gasteiger partial charge is 0.385 e. The molecule has 0 aliphatic carbocycles. The van der Waals surface area contributed by atoms with Crippen LogP contribution in [0.2, 0.25) is 0 Å². The first-order chi connectivity index (χ1) is 31.5. The minimum Gasteiger partial charge on any atom is -0.385 e. The maximum atomic E-state index is 15.0. The van der Waals surface area contributed by atoms with E-state index in [-0.39, 0.29) is 60.5 Å². The van der Waals surface area contributed by atoms with Gasteiger partial charge in [0, 0.05) is 106 Å². The molecule has 7 amide bonds. The number of amides is 7. The first-order valence-corrected chi connectivity index (χ1v) is 22.2. The number of ether oxygens (including phenoxy) is 1. The predicted molar refractivity (Wildman–Crippen MR) is 232 cm³/mol. The van der Waals surface area contributed by atoms with E-state index in [0.717, 1.165) is 41.0 Å². The van der Waals surface area contributed by atoms with Gasteiger partial charge in [-0.1, -0.05) is 0 Å². The van der Waals surface area contributed by atoms with Gasteiger partial charge in [0.15, 0.2) is 5.82 Å². The zero-order valence-corrected chi connectivity index (χ0v) is 36.0. The summed E-state index contributed by atoms with van der Waals surface area (Å²) in [5.74, 6) is -1.78. The number of anilines is 3. The Balaban J connectivity index is 0.810. The van der Waals surface area contributed by atoms with Crippen molar-refractivity contribution in [3.63, 3.8) is 0 Å². The fourth-order valence-electron chi connectivity index (χ4n) is 9.59. The molecular formula is C45H51F2N11O7. The first kappa shape index (κ1) is 43.5. The van der Waals surface area contributed by atoms with Crippen LogP contribution in [0.5, 0.6) is 0 Å². The third-order valence-electron chi connectivity index (χ3n) is 12.9. The smallest absolute Gasteiger partial charge is 0.317 e. The fourth-order valence-corrected chi connectivity index (χ4v) is 9.59. The number of aromatic nitrogens is 4. The molecule has 342 valence electrons. The van der Waals surface area contributed by atoms with E-state index in [4.69, 9.17) is 9.84 Å². The molecule has 2 aromatic carbocycles.